The molecule has 1 aromatic carbocycles. The summed E-state index contributed by atoms with van der Waals surface area (Å²) in [5, 5.41) is -0.163. The molecule has 2 aromatic rings. The van der Waals surface area contributed by atoms with Crippen LogP contribution in [0.25, 0.3) is 0 Å². The molecule has 0 radical (unpaired) electrons. The molecule has 0 spiro atoms. The summed E-state index contributed by atoms with van der Waals surface area (Å²) in [7, 11) is 4.78. The molecule has 1 saturated heterocycles. The summed E-state index contributed by atoms with van der Waals surface area (Å²) in [6.45, 7) is 0.453. The Bertz CT molecular complexity index is 754. The van der Waals surface area contributed by atoms with Crippen LogP contribution >= 0.6 is 11.8 Å². The van der Waals surface area contributed by atoms with Gasteiger partial charge in [-0.25, -0.2) is 0 Å². The Kier molecular flexibility index (Phi) is 5.33. The number of rotatable bonds is 6. The summed E-state index contributed by atoms with van der Waals surface area (Å²) in [6, 6.07) is 9.36. The van der Waals surface area contributed by atoms with E-state index in [1.54, 1.807) is 45.4 Å². The van der Waals surface area contributed by atoms with E-state index >= 15 is 0 Å². The topological polar surface area (TPSA) is 60.9 Å². The molecule has 0 bridgehead atoms. The normalized spacial score (nSPS) is 16.8. The minimum Gasteiger partial charge on any atom is -0.496 e. The van der Waals surface area contributed by atoms with Crippen molar-refractivity contribution >= 4 is 17.7 Å². The van der Waals surface area contributed by atoms with E-state index in [0.29, 0.717) is 29.5 Å². The third kappa shape index (κ3) is 3.51. The van der Waals surface area contributed by atoms with Crippen LogP contribution < -0.4 is 14.2 Å². The van der Waals surface area contributed by atoms with Gasteiger partial charge in [-0.05, 0) is 18.2 Å². The Morgan fingerprint density at radius 1 is 1.12 bits per heavy atom. The van der Waals surface area contributed by atoms with Crippen molar-refractivity contribution in [2.75, 3.05) is 27.1 Å². The van der Waals surface area contributed by atoms with Gasteiger partial charge in [-0.15, -0.1) is 11.8 Å². The van der Waals surface area contributed by atoms with Gasteiger partial charge in [0, 0.05) is 17.8 Å². The molecule has 7 heteroatoms. The second-order valence-electron chi connectivity index (χ2n) is 5.46. The summed E-state index contributed by atoms with van der Waals surface area (Å²) >= 11 is 1.57. The number of thioether (sulfide) groups is 1. The zero-order chi connectivity index (χ0) is 17.8. The van der Waals surface area contributed by atoms with E-state index in [4.69, 9.17) is 14.2 Å². The minimum atomic E-state index is -0.163. The van der Waals surface area contributed by atoms with Gasteiger partial charge in [0.1, 0.15) is 11.1 Å². The first-order valence-corrected chi connectivity index (χ1v) is 8.83. The van der Waals surface area contributed by atoms with E-state index in [9.17, 15) is 4.79 Å². The van der Waals surface area contributed by atoms with Crippen LogP contribution in [0.4, 0.5) is 0 Å². The van der Waals surface area contributed by atoms with E-state index in [1.807, 2.05) is 29.2 Å². The molecule has 25 heavy (non-hydrogen) atoms. The molecule has 1 unspecified atom stereocenters. The van der Waals surface area contributed by atoms with Crippen molar-refractivity contribution in [3.05, 3.63) is 47.8 Å². The van der Waals surface area contributed by atoms with Gasteiger partial charge in [-0.1, -0.05) is 6.07 Å². The number of carbonyl (C=O) groups excluding carboxylic acids is 1. The fraction of sp³-hybridized carbons (Fsp3) is 0.333. The highest BCUT2D eigenvalue weighted by Gasteiger charge is 2.35. The van der Waals surface area contributed by atoms with Crippen molar-refractivity contribution in [3.63, 3.8) is 0 Å². The van der Waals surface area contributed by atoms with Crippen LogP contribution in [0.1, 0.15) is 16.6 Å². The van der Waals surface area contributed by atoms with Crippen molar-refractivity contribution in [2.24, 2.45) is 0 Å². The van der Waals surface area contributed by atoms with Gasteiger partial charge in [0.15, 0.2) is 11.5 Å². The molecule has 0 N–H and O–H groups in total. The number of aromatic nitrogens is 1. The number of carbonyl (C=O) groups is 1. The van der Waals surface area contributed by atoms with Crippen LogP contribution in [0.5, 0.6) is 17.2 Å². The van der Waals surface area contributed by atoms with Crippen LogP contribution in [-0.4, -0.2) is 42.9 Å². The standard InChI is InChI=1S/C18H20N2O4S/c1-22-14-9-16(24-3)15(23-2)8-13(14)18-20(17(21)11-25-18)10-12-6-4-5-7-19-12/h4-9,18H,10-11H2,1-3H3. The maximum Gasteiger partial charge on any atom is 0.234 e. The van der Waals surface area contributed by atoms with Gasteiger partial charge in [-0.3, -0.25) is 9.78 Å². The van der Waals surface area contributed by atoms with Crippen LogP contribution in [0.3, 0.4) is 0 Å². The molecule has 1 fully saturated rings. The molecule has 2 heterocycles. The zero-order valence-electron chi connectivity index (χ0n) is 14.4. The Labute approximate surface area is 151 Å². The Hall–Kier alpha value is -2.41. The quantitative estimate of drug-likeness (QED) is 0.789. The van der Waals surface area contributed by atoms with Crippen LogP contribution in [0.15, 0.2) is 36.5 Å². The highest BCUT2D eigenvalue weighted by atomic mass is 32.2. The second kappa shape index (κ2) is 7.65. The average molecular weight is 360 g/mol. The minimum absolute atomic E-state index is 0.0810. The van der Waals surface area contributed by atoms with Crippen molar-refractivity contribution in [2.45, 2.75) is 11.9 Å². The third-order valence-corrected chi connectivity index (χ3v) is 5.27. The van der Waals surface area contributed by atoms with Crippen molar-refractivity contribution in [1.29, 1.82) is 0 Å². The van der Waals surface area contributed by atoms with E-state index in [2.05, 4.69) is 4.98 Å². The summed E-state index contributed by atoms with van der Waals surface area (Å²) in [5.74, 6) is 2.37. The molecule has 1 aliphatic rings. The first-order valence-electron chi connectivity index (χ1n) is 7.78. The average Bonchev–Trinajstić information content (AvgIpc) is 3.01. The predicted octanol–water partition coefficient (Wildman–Crippen LogP) is 2.88. The molecule has 3 rings (SSSR count). The highest BCUT2D eigenvalue weighted by molar-refractivity contribution is 8.00. The molecule has 1 aliphatic heterocycles. The zero-order valence-corrected chi connectivity index (χ0v) is 15.2. The van der Waals surface area contributed by atoms with Gasteiger partial charge in [-0.2, -0.15) is 0 Å². The van der Waals surface area contributed by atoms with Gasteiger partial charge in [0.05, 0.1) is 39.3 Å². The Balaban J connectivity index is 1.97. The van der Waals surface area contributed by atoms with Crippen LogP contribution in [0, 0.1) is 0 Å². The van der Waals surface area contributed by atoms with Crippen molar-refractivity contribution < 1.29 is 19.0 Å². The molecule has 6 nitrogen and oxygen atoms in total. The fourth-order valence-corrected chi connectivity index (χ4v) is 4.00. The fourth-order valence-electron chi connectivity index (χ4n) is 2.79. The number of pyridine rings is 1. The monoisotopic (exact) mass is 360 g/mol. The lowest BCUT2D eigenvalue weighted by Crippen LogP contribution is -2.28. The van der Waals surface area contributed by atoms with Gasteiger partial charge in [0.25, 0.3) is 0 Å². The maximum absolute atomic E-state index is 12.4. The number of nitrogens with zero attached hydrogens (tertiary/aromatic N) is 2. The lowest BCUT2D eigenvalue weighted by atomic mass is 10.1. The lowest BCUT2D eigenvalue weighted by Gasteiger charge is -2.26. The number of ether oxygens (including phenoxy) is 3. The molecule has 0 aliphatic carbocycles. The van der Waals surface area contributed by atoms with E-state index in [0.717, 1.165) is 11.3 Å². The molecular formula is C18H20N2O4S. The van der Waals surface area contributed by atoms with Crippen LogP contribution in [-0.2, 0) is 11.3 Å². The molecular weight excluding hydrogens is 340 g/mol. The number of amides is 1. The third-order valence-electron chi connectivity index (χ3n) is 4.03. The van der Waals surface area contributed by atoms with Gasteiger partial charge >= 0.3 is 0 Å². The lowest BCUT2D eigenvalue weighted by molar-refractivity contribution is -0.128. The summed E-state index contributed by atoms with van der Waals surface area (Å²) in [6.07, 6.45) is 1.73. The second-order valence-corrected chi connectivity index (χ2v) is 6.52. The van der Waals surface area contributed by atoms with E-state index in [-0.39, 0.29) is 11.3 Å². The number of methoxy groups -OCH3 is 3. The van der Waals surface area contributed by atoms with E-state index < -0.39 is 0 Å². The molecule has 1 atom stereocenters. The summed E-state index contributed by atoms with van der Waals surface area (Å²) in [5.41, 5.74) is 1.73. The van der Waals surface area contributed by atoms with Crippen molar-refractivity contribution in [1.82, 2.24) is 9.88 Å². The summed E-state index contributed by atoms with van der Waals surface area (Å²) < 4.78 is 16.3. The Morgan fingerprint density at radius 2 is 1.84 bits per heavy atom. The van der Waals surface area contributed by atoms with Gasteiger partial charge in [0.2, 0.25) is 5.91 Å². The highest BCUT2D eigenvalue weighted by Crippen LogP contribution is 2.46. The smallest absolute Gasteiger partial charge is 0.234 e. The predicted molar refractivity (Wildman–Crippen MR) is 96.1 cm³/mol. The molecule has 1 aromatic heterocycles. The number of hydrogen-bond donors (Lipinski definition) is 0. The largest absolute Gasteiger partial charge is 0.496 e. The SMILES string of the molecule is COc1cc(OC)c(C2SCC(=O)N2Cc2ccccn2)cc1OC. The van der Waals surface area contributed by atoms with Crippen molar-refractivity contribution in [3.8, 4) is 17.2 Å². The Morgan fingerprint density at radius 3 is 2.48 bits per heavy atom. The van der Waals surface area contributed by atoms with Crippen LogP contribution in [0.2, 0.25) is 0 Å². The first kappa shape index (κ1) is 17.4. The summed E-state index contributed by atoms with van der Waals surface area (Å²) in [4.78, 5) is 18.6. The molecule has 1 amide bonds. The first-order chi connectivity index (χ1) is 12.2. The maximum atomic E-state index is 12.4. The molecule has 0 saturated carbocycles. The number of hydrogen-bond acceptors (Lipinski definition) is 6. The van der Waals surface area contributed by atoms with E-state index in [1.165, 1.54) is 0 Å². The number of benzene rings is 1. The van der Waals surface area contributed by atoms with Gasteiger partial charge < -0.3 is 19.1 Å². The molecule has 132 valence electrons.